The quantitative estimate of drug-likeness (QED) is 0.711. The van der Waals surface area contributed by atoms with Gasteiger partial charge in [0.2, 0.25) is 0 Å². The summed E-state index contributed by atoms with van der Waals surface area (Å²) >= 11 is 0. The topological polar surface area (TPSA) is 42.2 Å². The maximum Gasteiger partial charge on any atom is 0.573 e. The Morgan fingerprint density at radius 2 is 1.54 bits per heavy atom. The summed E-state index contributed by atoms with van der Waals surface area (Å²) in [6, 6.07) is 8.07. The molecule has 24 heavy (non-hydrogen) atoms. The SMILES string of the molecule is N#Cc1ccc(C(F)(F)F)cc1Oc1cccc(OC(F)(F)F)c1. The van der Waals surface area contributed by atoms with E-state index < -0.39 is 29.6 Å². The smallest absolute Gasteiger partial charge is 0.456 e. The molecule has 0 heterocycles. The van der Waals surface area contributed by atoms with Crippen molar-refractivity contribution in [2.24, 2.45) is 0 Å². The van der Waals surface area contributed by atoms with Gasteiger partial charge in [-0.25, -0.2) is 0 Å². The molecule has 0 bridgehead atoms. The predicted octanol–water partition coefficient (Wildman–Crippen LogP) is 5.27. The predicted molar refractivity (Wildman–Crippen MR) is 69.4 cm³/mol. The molecule has 2 rings (SSSR count). The fraction of sp³-hybridized carbons (Fsp3) is 0.133. The highest BCUT2D eigenvalue weighted by Crippen LogP contribution is 2.35. The molecule has 126 valence electrons. The van der Waals surface area contributed by atoms with Gasteiger partial charge in [-0.05, 0) is 30.3 Å². The molecular weight excluding hydrogens is 340 g/mol. The van der Waals surface area contributed by atoms with Gasteiger partial charge in [0, 0.05) is 6.07 Å². The van der Waals surface area contributed by atoms with Crippen LogP contribution in [-0.2, 0) is 6.18 Å². The molecule has 2 aromatic carbocycles. The molecule has 0 aliphatic rings. The van der Waals surface area contributed by atoms with E-state index in [9.17, 15) is 26.3 Å². The number of nitrogens with zero attached hydrogens (tertiary/aromatic N) is 1. The average Bonchev–Trinajstić information content (AvgIpc) is 2.44. The molecule has 2 aromatic rings. The van der Waals surface area contributed by atoms with E-state index in [2.05, 4.69) is 4.74 Å². The first-order chi connectivity index (χ1) is 11.1. The number of ether oxygens (including phenoxy) is 2. The second kappa shape index (κ2) is 6.31. The first-order valence-electron chi connectivity index (χ1n) is 6.23. The van der Waals surface area contributed by atoms with Crippen LogP contribution in [-0.4, -0.2) is 6.36 Å². The van der Waals surface area contributed by atoms with Crippen LogP contribution in [0.2, 0.25) is 0 Å². The van der Waals surface area contributed by atoms with Gasteiger partial charge in [0.15, 0.2) is 0 Å². The number of hydrogen-bond donors (Lipinski definition) is 0. The third-order valence-electron chi connectivity index (χ3n) is 2.70. The maximum atomic E-state index is 12.7. The normalized spacial score (nSPS) is 11.7. The zero-order chi connectivity index (χ0) is 18.0. The van der Waals surface area contributed by atoms with Crippen molar-refractivity contribution in [1.82, 2.24) is 0 Å². The van der Waals surface area contributed by atoms with E-state index in [1.807, 2.05) is 0 Å². The summed E-state index contributed by atoms with van der Waals surface area (Å²) in [6.45, 7) is 0. The molecule has 0 saturated carbocycles. The molecule has 0 fully saturated rings. The van der Waals surface area contributed by atoms with Crippen LogP contribution in [0.15, 0.2) is 42.5 Å². The van der Waals surface area contributed by atoms with Gasteiger partial charge < -0.3 is 9.47 Å². The van der Waals surface area contributed by atoms with Gasteiger partial charge in [0.05, 0.1) is 11.1 Å². The summed E-state index contributed by atoms with van der Waals surface area (Å²) in [5.74, 6) is -1.26. The summed E-state index contributed by atoms with van der Waals surface area (Å²) in [5, 5.41) is 8.91. The molecule has 0 aliphatic heterocycles. The van der Waals surface area contributed by atoms with Crippen molar-refractivity contribution in [3.8, 4) is 23.3 Å². The number of benzene rings is 2. The zero-order valence-electron chi connectivity index (χ0n) is 11.6. The third kappa shape index (κ3) is 4.55. The number of rotatable bonds is 3. The lowest BCUT2D eigenvalue weighted by Gasteiger charge is -2.13. The van der Waals surface area contributed by atoms with Crippen molar-refractivity contribution in [2.75, 3.05) is 0 Å². The Labute approximate surface area is 131 Å². The van der Waals surface area contributed by atoms with E-state index in [0.717, 1.165) is 24.3 Å². The molecule has 9 heteroatoms. The van der Waals surface area contributed by atoms with E-state index in [1.54, 1.807) is 6.07 Å². The third-order valence-corrected chi connectivity index (χ3v) is 2.70. The summed E-state index contributed by atoms with van der Waals surface area (Å²) in [5.41, 5.74) is -1.26. The monoisotopic (exact) mass is 347 g/mol. The first-order valence-corrected chi connectivity index (χ1v) is 6.23. The Bertz CT molecular complexity index is 777. The van der Waals surface area contributed by atoms with Crippen molar-refractivity contribution in [1.29, 1.82) is 5.26 Å². The molecule has 0 unspecified atom stereocenters. The highest BCUT2D eigenvalue weighted by Gasteiger charge is 2.32. The molecular formula is C15H7F6NO2. The lowest BCUT2D eigenvalue weighted by molar-refractivity contribution is -0.274. The summed E-state index contributed by atoms with van der Waals surface area (Å²) in [6.07, 6.45) is -9.58. The van der Waals surface area contributed by atoms with Crippen LogP contribution in [0.3, 0.4) is 0 Å². The van der Waals surface area contributed by atoms with Gasteiger partial charge in [-0.3, -0.25) is 0 Å². The minimum atomic E-state index is -4.92. The Morgan fingerprint density at radius 1 is 0.875 bits per heavy atom. The maximum absolute atomic E-state index is 12.7. The van der Waals surface area contributed by atoms with E-state index in [-0.39, 0.29) is 11.3 Å². The lowest BCUT2D eigenvalue weighted by atomic mass is 10.1. The van der Waals surface area contributed by atoms with Crippen LogP contribution < -0.4 is 9.47 Å². The Balaban J connectivity index is 2.34. The van der Waals surface area contributed by atoms with Gasteiger partial charge in [-0.2, -0.15) is 18.4 Å². The van der Waals surface area contributed by atoms with E-state index >= 15 is 0 Å². The first kappa shape index (κ1) is 17.5. The summed E-state index contributed by atoms with van der Waals surface area (Å²) < 4.78 is 83.5. The molecule has 0 N–H and O–H groups in total. The number of halogens is 6. The molecule has 0 spiro atoms. The van der Waals surface area contributed by atoms with Crippen molar-refractivity contribution >= 4 is 0 Å². The summed E-state index contributed by atoms with van der Waals surface area (Å²) in [7, 11) is 0. The molecule has 0 saturated heterocycles. The molecule has 0 amide bonds. The standard InChI is InChI=1S/C15H7F6NO2/c16-14(17,18)10-5-4-9(8-22)13(6-10)23-11-2-1-3-12(7-11)24-15(19,20)21/h1-7H. The second-order valence-electron chi connectivity index (χ2n) is 4.45. The minimum absolute atomic E-state index is 0.204. The van der Waals surface area contributed by atoms with Gasteiger partial charge >= 0.3 is 12.5 Å². The van der Waals surface area contributed by atoms with Crippen LogP contribution in [0.1, 0.15) is 11.1 Å². The Morgan fingerprint density at radius 3 is 2.12 bits per heavy atom. The molecule has 0 aliphatic carbocycles. The van der Waals surface area contributed by atoms with Crippen molar-refractivity contribution in [3.63, 3.8) is 0 Å². The highest BCUT2D eigenvalue weighted by atomic mass is 19.4. The van der Waals surface area contributed by atoms with Crippen molar-refractivity contribution in [2.45, 2.75) is 12.5 Å². The number of alkyl halides is 6. The fourth-order valence-electron chi connectivity index (χ4n) is 1.74. The minimum Gasteiger partial charge on any atom is -0.456 e. The lowest BCUT2D eigenvalue weighted by Crippen LogP contribution is -2.17. The van der Waals surface area contributed by atoms with Gasteiger partial charge in [0.1, 0.15) is 23.3 Å². The Hall–Kier alpha value is -2.89. The largest absolute Gasteiger partial charge is 0.573 e. The average molecular weight is 347 g/mol. The van der Waals surface area contributed by atoms with Crippen LogP contribution in [0.4, 0.5) is 26.3 Å². The van der Waals surface area contributed by atoms with E-state index in [0.29, 0.717) is 12.1 Å². The number of nitriles is 1. The van der Waals surface area contributed by atoms with E-state index in [4.69, 9.17) is 10.00 Å². The number of hydrogen-bond acceptors (Lipinski definition) is 3. The molecule has 0 aromatic heterocycles. The molecule has 0 radical (unpaired) electrons. The fourth-order valence-corrected chi connectivity index (χ4v) is 1.74. The van der Waals surface area contributed by atoms with E-state index in [1.165, 1.54) is 6.07 Å². The van der Waals surface area contributed by atoms with Crippen LogP contribution in [0, 0.1) is 11.3 Å². The van der Waals surface area contributed by atoms with Crippen molar-refractivity contribution in [3.05, 3.63) is 53.6 Å². The van der Waals surface area contributed by atoms with Crippen LogP contribution >= 0.6 is 0 Å². The Kier molecular flexibility index (Phi) is 4.59. The second-order valence-corrected chi connectivity index (χ2v) is 4.45. The zero-order valence-corrected chi connectivity index (χ0v) is 11.6. The van der Waals surface area contributed by atoms with Crippen LogP contribution in [0.25, 0.3) is 0 Å². The van der Waals surface area contributed by atoms with Gasteiger partial charge in [-0.1, -0.05) is 6.07 Å². The van der Waals surface area contributed by atoms with Crippen molar-refractivity contribution < 1.29 is 35.8 Å². The van der Waals surface area contributed by atoms with Gasteiger partial charge in [-0.15, -0.1) is 13.2 Å². The highest BCUT2D eigenvalue weighted by molar-refractivity contribution is 5.48. The summed E-state index contributed by atoms with van der Waals surface area (Å²) in [4.78, 5) is 0. The molecule has 3 nitrogen and oxygen atoms in total. The molecule has 0 atom stereocenters. The van der Waals surface area contributed by atoms with Crippen LogP contribution in [0.5, 0.6) is 17.2 Å². The van der Waals surface area contributed by atoms with Gasteiger partial charge in [0.25, 0.3) is 0 Å².